The Hall–Kier alpha value is -2.58. The second-order valence-corrected chi connectivity index (χ2v) is 20.9. The molecule has 1 amide bonds. The zero-order chi connectivity index (χ0) is 49.9. The Bertz CT molecular complexity index is 1420. The molecule has 2 N–H and O–H groups in total. The Morgan fingerprint density at radius 3 is 1.37 bits per heavy atom. The number of carbonyl (C=O) groups excluding carboxylic acids is 1. The lowest BCUT2D eigenvalue weighted by Crippen LogP contribution is -2.45. The van der Waals surface area contributed by atoms with Gasteiger partial charge in [0.15, 0.2) is 0 Å². The predicted octanol–water partition coefficient (Wildman–Crippen LogP) is 16.0. The van der Waals surface area contributed by atoms with Crippen LogP contribution < -0.4 is 10.2 Å². The lowest BCUT2D eigenvalue weighted by atomic mass is 10.0. The van der Waals surface area contributed by atoms with Gasteiger partial charge < -0.3 is 28.8 Å². The van der Waals surface area contributed by atoms with Crippen LogP contribution in [0, 0.1) is 0 Å². The zero-order valence-electron chi connectivity index (χ0n) is 44.5. The van der Waals surface area contributed by atoms with Gasteiger partial charge in [0.25, 0.3) is 7.82 Å². The number of likely N-dealkylation sites (N-methyl/N-ethyl adjacent to an activating group) is 1. The average Bonchev–Trinajstić information content (AvgIpc) is 3.30. The molecular weight excluding hydrogens is 864 g/mol. The van der Waals surface area contributed by atoms with Crippen molar-refractivity contribution in [2.75, 3.05) is 40.9 Å². The van der Waals surface area contributed by atoms with Gasteiger partial charge in [-0.05, 0) is 89.9 Å². The van der Waals surface area contributed by atoms with E-state index in [1.165, 1.54) is 103 Å². The van der Waals surface area contributed by atoms with Gasteiger partial charge >= 0.3 is 0 Å². The third-order valence-electron chi connectivity index (χ3n) is 11.8. The van der Waals surface area contributed by atoms with Gasteiger partial charge in [0.2, 0.25) is 5.91 Å². The molecule has 0 heterocycles. The Kier molecular flexibility index (Phi) is 47.5. The van der Waals surface area contributed by atoms with Crippen LogP contribution in [-0.2, 0) is 18.4 Å². The molecule has 0 saturated heterocycles. The molecule has 68 heavy (non-hydrogen) atoms. The number of allylic oxidation sites excluding steroid dienone is 15. The normalized spacial score (nSPS) is 14.8. The van der Waals surface area contributed by atoms with Crippen molar-refractivity contribution in [2.45, 2.75) is 231 Å². The van der Waals surface area contributed by atoms with Crippen LogP contribution in [0.15, 0.2) is 97.2 Å². The number of aliphatic hydroxyl groups is 1. The van der Waals surface area contributed by atoms with Crippen LogP contribution in [0.4, 0.5) is 0 Å². The van der Waals surface area contributed by atoms with E-state index in [4.69, 9.17) is 9.05 Å². The first-order valence-electron chi connectivity index (χ1n) is 27.6. The summed E-state index contributed by atoms with van der Waals surface area (Å²) in [7, 11) is 1.21. The van der Waals surface area contributed by atoms with Gasteiger partial charge in [-0.1, -0.05) is 220 Å². The standard InChI is InChI=1S/C59H105N2O6P/c1-6-8-10-12-14-16-18-20-22-24-26-28-29-30-31-33-34-36-38-40-42-44-46-48-50-52-58(62)57(56-67-68(64,65)66-55-54-61(3,4)5)60-59(63)53-51-49-47-45-43-41-39-37-35-32-27-25-23-21-19-17-15-13-11-9-7-2/h9,11,15,17,21,23,27,32,34,36-37,39,42,44,50,52,57-58,62H,6-8,10,12-14,16,18-20,22,24-26,28-31,33,35,38,40-41,43,45-49,51,53-56H2,1-5H3,(H-,60,63,64,65)/b11-9-,17-15-,23-21-,32-27-,36-34+,39-37-,44-42+,52-50+. The fourth-order valence-electron chi connectivity index (χ4n) is 7.45. The summed E-state index contributed by atoms with van der Waals surface area (Å²) in [5.41, 5.74) is 0. The van der Waals surface area contributed by atoms with Crippen molar-refractivity contribution in [3.05, 3.63) is 97.2 Å². The van der Waals surface area contributed by atoms with Gasteiger partial charge in [0, 0.05) is 6.42 Å². The number of nitrogens with zero attached hydrogens (tertiary/aromatic N) is 1. The Morgan fingerprint density at radius 2 is 0.912 bits per heavy atom. The van der Waals surface area contributed by atoms with E-state index in [9.17, 15) is 19.4 Å². The molecule has 0 aliphatic heterocycles. The number of quaternary nitrogens is 1. The first kappa shape index (κ1) is 65.4. The van der Waals surface area contributed by atoms with Crippen molar-refractivity contribution in [3.8, 4) is 0 Å². The van der Waals surface area contributed by atoms with E-state index in [2.05, 4.69) is 104 Å². The molecule has 8 nitrogen and oxygen atoms in total. The minimum atomic E-state index is -4.62. The fourth-order valence-corrected chi connectivity index (χ4v) is 8.17. The summed E-state index contributed by atoms with van der Waals surface area (Å²) < 4.78 is 23.3. The van der Waals surface area contributed by atoms with Crippen LogP contribution in [0.1, 0.15) is 219 Å². The topological polar surface area (TPSA) is 108 Å². The third-order valence-corrected chi connectivity index (χ3v) is 12.7. The number of hydrogen-bond acceptors (Lipinski definition) is 6. The largest absolute Gasteiger partial charge is 0.756 e. The summed E-state index contributed by atoms with van der Waals surface area (Å²) in [4.78, 5) is 25.5. The predicted molar refractivity (Wildman–Crippen MR) is 293 cm³/mol. The summed E-state index contributed by atoms with van der Waals surface area (Å²) in [6, 6.07) is -0.928. The van der Waals surface area contributed by atoms with Crippen molar-refractivity contribution in [3.63, 3.8) is 0 Å². The summed E-state index contributed by atoms with van der Waals surface area (Å²) in [5, 5.41) is 13.8. The first-order chi connectivity index (χ1) is 33.0. The number of unbranched alkanes of at least 4 members (excludes halogenated alkanes) is 22. The SMILES string of the molecule is CC/C=C\C/C=C\C/C=C\C/C=C\C/C=C\CCCCCCCC(=O)NC(COP(=O)([O-])OCC[N+](C)(C)C)C(O)/C=C/CC/C=C/CC/C=C/CCCCCCCCCCCCCCCCC. The van der Waals surface area contributed by atoms with Crippen molar-refractivity contribution in [1.82, 2.24) is 5.32 Å². The fraction of sp³-hybridized carbons (Fsp3) is 0.712. The van der Waals surface area contributed by atoms with E-state index in [1.54, 1.807) is 6.08 Å². The highest BCUT2D eigenvalue weighted by Gasteiger charge is 2.23. The van der Waals surface area contributed by atoms with Crippen molar-refractivity contribution in [1.29, 1.82) is 0 Å². The quantitative estimate of drug-likeness (QED) is 0.0272. The van der Waals surface area contributed by atoms with Gasteiger partial charge in [-0.25, -0.2) is 0 Å². The lowest BCUT2D eigenvalue weighted by molar-refractivity contribution is -0.870. The molecule has 0 aromatic rings. The summed E-state index contributed by atoms with van der Waals surface area (Å²) in [5.74, 6) is -0.233. The molecule has 3 unspecified atom stereocenters. The molecule has 3 atom stereocenters. The molecule has 0 aliphatic rings. The second kappa shape index (κ2) is 49.4. The molecule has 0 aromatic carbocycles. The van der Waals surface area contributed by atoms with Crippen LogP contribution in [0.25, 0.3) is 0 Å². The summed E-state index contributed by atoms with van der Waals surface area (Å²) in [6.07, 6.45) is 70.5. The highest BCUT2D eigenvalue weighted by molar-refractivity contribution is 7.45. The Balaban J connectivity index is 4.39. The van der Waals surface area contributed by atoms with Crippen LogP contribution in [0.2, 0.25) is 0 Å². The smallest absolute Gasteiger partial charge is 0.268 e. The van der Waals surface area contributed by atoms with Crippen molar-refractivity contribution in [2.24, 2.45) is 0 Å². The van der Waals surface area contributed by atoms with Crippen molar-refractivity contribution < 1.29 is 32.9 Å². The minimum absolute atomic E-state index is 0.0184. The molecule has 0 fully saturated rings. The van der Waals surface area contributed by atoms with E-state index < -0.39 is 26.6 Å². The highest BCUT2D eigenvalue weighted by atomic mass is 31.2. The Labute approximate surface area is 419 Å². The number of carbonyl (C=O) groups is 1. The van der Waals surface area contributed by atoms with E-state index in [0.29, 0.717) is 17.4 Å². The summed E-state index contributed by atoms with van der Waals surface area (Å²) in [6.45, 7) is 4.49. The average molecular weight is 969 g/mol. The van der Waals surface area contributed by atoms with Crippen LogP contribution in [0.5, 0.6) is 0 Å². The van der Waals surface area contributed by atoms with E-state index in [0.717, 1.165) is 96.3 Å². The molecule has 0 radical (unpaired) electrons. The number of phosphoric ester groups is 1. The van der Waals surface area contributed by atoms with Crippen molar-refractivity contribution >= 4 is 13.7 Å². The maximum atomic E-state index is 12.9. The second-order valence-electron chi connectivity index (χ2n) is 19.5. The number of amides is 1. The maximum Gasteiger partial charge on any atom is 0.268 e. The van der Waals surface area contributed by atoms with Crippen LogP contribution >= 0.6 is 7.82 Å². The monoisotopic (exact) mass is 969 g/mol. The number of hydrogen-bond donors (Lipinski definition) is 2. The molecule has 0 saturated carbocycles. The molecule has 0 aromatic heterocycles. The number of rotatable bonds is 49. The molecule has 0 bridgehead atoms. The number of phosphoric acid groups is 1. The zero-order valence-corrected chi connectivity index (χ0v) is 45.4. The molecule has 392 valence electrons. The van der Waals surface area contributed by atoms with Gasteiger partial charge in [0.05, 0.1) is 39.9 Å². The number of nitrogens with one attached hydrogen (secondary N) is 1. The molecule has 0 aliphatic carbocycles. The highest BCUT2D eigenvalue weighted by Crippen LogP contribution is 2.38. The molecule has 9 heteroatoms. The third kappa shape index (κ3) is 51.3. The van der Waals surface area contributed by atoms with Gasteiger partial charge in [-0.2, -0.15) is 0 Å². The molecular formula is C59H105N2O6P. The maximum absolute atomic E-state index is 12.9. The van der Waals surface area contributed by atoms with Gasteiger partial charge in [-0.3, -0.25) is 9.36 Å². The molecule has 0 rings (SSSR count). The van der Waals surface area contributed by atoms with Gasteiger partial charge in [-0.15, -0.1) is 0 Å². The minimum Gasteiger partial charge on any atom is -0.756 e. The lowest BCUT2D eigenvalue weighted by Gasteiger charge is -2.29. The summed E-state index contributed by atoms with van der Waals surface area (Å²) >= 11 is 0. The van der Waals surface area contributed by atoms with Gasteiger partial charge in [0.1, 0.15) is 13.2 Å². The van der Waals surface area contributed by atoms with E-state index in [-0.39, 0.29) is 12.5 Å². The first-order valence-corrected chi connectivity index (χ1v) is 29.1. The molecule has 0 spiro atoms. The van der Waals surface area contributed by atoms with E-state index >= 15 is 0 Å². The van der Waals surface area contributed by atoms with Crippen LogP contribution in [0.3, 0.4) is 0 Å². The number of aliphatic hydroxyl groups excluding tert-OH is 1. The van der Waals surface area contributed by atoms with E-state index in [1.807, 2.05) is 27.2 Å². The van der Waals surface area contributed by atoms with Crippen LogP contribution in [-0.4, -0.2) is 68.5 Å². The Morgan fingerprint density at radius 1 is 0.529 bits per heavy atom.